The Kier molecular flexibility index (Phi) is 4.17. The number of aromatic nitrogens is 1. The summed E-state index contributed by atoms with van der Waals surface area (Å²) in [6, 6.07) is 1.60. The average molecular weight is 292 g/mol. The van der Waals surface area contributed by atoms with Gasteiger partial charge in [-0.25, -0.2) is 4.98 Å². The Balaban J connectivity index is 2.25. The van der Waals surface area contributed by atoms with Crippen molar-refractivity contribution in [3.8, 4) is 0 Å². The molecule has 0 aromatic carbocycles. The highest BCUT2D eigenvalue weighted by Crippen LogP contribution is 2.32. The molecule has 100 valence electrons. The van der Waals surface area contributed by atoms with Crippen LogP contribution in [0.3, 0.4) is 0 Å². The largest absolute Gasteiger partial charge is 0.382 e. The molecule has 2 heterocycles. The van der Waals surface area contributed by atoms with E-state index in [9.17, 15) is 0 Å². The van der Waals surface area contributed by atoms with E-state index in [2.05, 4.69) is 4.98 Å². The number of pyridine rings is 1. The number of nitrogen functional groups attached to an aromatic ring is 1. The maximum atomic E-state index is 6.14. The highest BCUT2D eigenvalue weighted by Gasteiger charge is 2.34. The molecule has 2 N–H and O–H groups in total. The van der Waals surface area contributed by atoms with Gasteiger partial charge in [-0.3, -0.25) is 0 Å². The number of nitrogens with two attached hydrogens (primary N) is 1. The summed E-state index contributed by atoms with van der Waals surface area (Å²) in [4.78, 5) is 6.20. The first kappa shape index (κ1) is 13.7. The molecule has 5 nitrogen and oxygen atoms in total. The van der Waals surface area contributed by atoms with Gasteiger partial charge in [0.05, 0.1) is 10.0 Å². The number of hydrogen-bond donors (Lipinski definition) is 1. The summed E-state index contributed by atoms with van der Waals surface area (Å²) in [5.41, 5.74) is 5.70. The van der Waals surface area contributed by atoms with Gasteiger partial charge in [0.1, 0.15) is 23.8 Å². The molecule has 18 heavy (non-hydrogen) atoms. The second-order valence-electron chi connectivity index (χ2n) is 4.11. The smallest absolute Gasteiger partial charge is 0.150 e. The van der Waals surface area contributed by atoms with Crippen molar-refractivity contribution in [2.75, 3.05) is 37.9 Å². The summed E-state index contributed by atoms with van der Waals surface area (Å²) in [5, 5.41) is 0.829. The number of anilines is 2. The first-order chi connectivity index (χ1) is 8.56. The van der Waals surface area contributed by atoms with E-state index in [0.717, 1.165) is 0 Å². The highest BCUT2D eigenvalue weighted by molar-refractivity contribution is 6.37. The molecule has 0 radical (unpaired) electrons. The van der Waals surface area contributed by atoms with Crippen LogP contribution < -0.4 is 10.6 Å². The van der Waals surface area contributed by atoms with Crippen molar-refractivity contribution in [1.29, 1.82) is 0 Å². The molecule has 0 bridgehead atoms. The quantitative estimate of drug-likeness (QED) is 0.921. The van der Waals surface area contributed by atoms with Gasteiger partial charge >= 0.3 is 0 Å². The molecule has 1 fully saturated rings. The van der Waals surface area contributed by atoms with Crippen molar-refractivity contribution in [3.63, 3.8) is 0 Å². The molecule has 1 aliphatic heterocycles. The van der Waals surface area contributed by atoms with Crippen LogP contribution in [0.15, 0.2) is 6.07 Å². The van der Waals surface area contributed by atoms with E-state index in [0.29, 0.717) is 29.0 Å². The lowest BCUT2D eigenvalue weighted by Crippen LogP contribution is -2.27. The third-order valence-electron chi connectivity index (χ3n) is 3.06. The third kappa shape index (κ3) is 2.49. The van der Waals surface area contributed by atoms with E-state index in [4.69, 9.17) is 38.4 Å². The van der Waals surface area contributed by atoms with E-state index in [-0.39, 0.29) is 18.0 Å². The van der Waals surface area contributed by atoms with Crippen LogP contribution in [0.4, 0.5) is 11.6 Å². The molecule has 2 rings (SSSR count). The van der Waals surface area contributed by atoms with E-state index >= 15 is 0 Å². The Morgan fingerprint density at radius 1 is 1.22 bits per heavy atom. The van der Waals surface area contributed by atoms with E-state index in [1.54, 1.807) is 20.3 Å². The van der Waals surface area contributed by atoms with Crippen LogP contribution in [0.25, 0.3) is 0 Å². The van der Waals surface area contributed by atoms with Crippen molar-refractivity contribution in [3.05, 3.63) is 16.1 Å². The SMILES string of the molecule is COC1CN(c2nc(N)c(Cl)cc2Cl)CC1OC. The lowest BCUT2D eigenvalue weighted by atomic mass is 10.3. The predicted octanol–water partition coefficient (Wildman–Crippen LogP) is 1.82. The molecule has 7 heteroatoms. The number of ether oxygens (including phenoxy) is 2. The predicted molar refractivity (Wildman–Crippen MR) is 72.5 cm³/mol. The van der Waals surface area contributed by atoms with Crippen molar-refractivity contribution in [2.45, 2.75) is 12.2 Å². The monoisotopic (exact) mass is 291 g/mol. The number of methoxy groups -OCH3 is 2. The van der Waals surface area contributed by atoms with Gasteiger partial charge in [0, 0.05) is 27.3 Å². The number of rotatable bonds is 3. The molecule has 2 atom stereocenters. The Labute approximate surface area is 116 Å². The van der Waals surface area contributed by atoms with Crippen molar-refractivity contribution < 1.29 is 9.47 Å². The van der Waals surface area contributed by atoms with Crippen LogP contribution in [0.5, 0.6) is 0 Å². The average Bonchev–Trinajstić information content (AvgIpc) is 2.76. The van der Waals surface area contributed by atoms with Gasteiger partial charge in [-0.1, -0.05) is 23.2 Å². The topological polar surface area (TPSA) is 60.6 Å². The Hall–Kier alpha value is -0.750. The fourth-order valence-corrected chi connectivity index (χ4v) is 2.54. The molecular weight excluding hydrogens is 277 g/mol. The van der Waals surface area contributed by atoms with Crippen molar-refractivity contribution >= 4 is 34.8 Å². The van der Waals surface area contributed by atoms with E-state index < -0.39 is 0 Å². The normalized spacial score (nSPS) is 23.7. The zero-order valence-electron chi connectivity index (χ0n) is 10.2. The molecular formula is C11H15Cl2N3O2. The Morgan fingerprint density at radius 3 is 2.28 bits per heavy atom. The molecule has 0 saturated carbocycles. The molecule has 1 saturated heterocycles. The van der Waals surface area contributed by atoms with E-state index in [1.165, 1.54) is 0 Å². The summed E-state index contributed by atoms with van der Waals surface area (Å²) < 4.78 is 10.7. The van der Waals surface area contributed by atoms with Crippen molar-refractivity contribution in [2.24, 2.45) is 0 Å². The van der Waals surface area contributed by atoms with Gasteiger partial charge in [0.15, 0.2) is 0 Å². The molecule has 1 aromatic heterocycles. The van der Waals surface area contributed by atoms with E-state index in [1.807, 2.05) is 4.90 Å². The number of hydrogen-bond acceptors (Lipinski definition) is 5. The summed E-state index contributed by atoms with van der Waals surface area (Å²) in [7, 11) is 3.32. The summed E-state index contributed by atoms with van der Waals surface area (Å²) in [6.07, 6.45) is -0.0189. The second-order valence-corrected chi connectivity index (χ2v) is 4.93. The van der Waals surface area contributed by atoms with Gasteiger partial charge in [0.2, 0.25) is 0 Å². The summed E-state index contributed by atoms with van der Waals surface area (Å²) in [5.74, 6) is 0.881. The van der Waals surface area contributed by atoms with Crippen LogP contribution in [-0.2, 0) is 9.47 Å². The molecule has 2 unspecified atom stereocenters. The van der Waals surface area contributed by atoms with Gasteiger partial charge in [-0.2, -0.15) is 0 Å². The second kappa shape index (κ2) is 5.48. The molecule has 1 aliphatic rings. The van der Waals surface area contributed by atoms with Gasteiger partial charge in [-0.15, -0.1) is 0 Å². The highest BCUT2D eigenvalue weighted by atomic mass is 35.5. The van der Waals surface area contributed by atoms with Crippen molar-refractivity contribution in [1.82, 2.24) is 4.98 Å². The fourth-order valence-electron chi connectivity index (χ4n) is 2.06. The lowest BCUT2D eigenvalue weighted by molar-refractivity contribution is -0.00461. The number of nitrogens with zero attached hydrogens (tertiary/aromatic N) is 2. The van der Waals surface area contributed by atoms with Crippen LogP contribution in [0.2, 0.25) is 10.0 Å². The summed E-state index contributed by atoms with van der Waals surface area (Å²) in [6.45, 7) is 1.31. The minimum atomic E-state index is -0.00947. The molecule has 0 spiro atoms. The number of halogens is 2. The zero-order chi connectivity index (χ0) is 13.3. The first-order valence-corrected chi connectivity index (χ1v) is 6.24. The minimum Gasteiger partial charge on any atom is -0.382 e. The first-order valence-electron chi connectivity index (χ1n) is 5.48. The third-order valence-corrected chi connectivity index (χ3v) is 3.64. The van der Waals surface area contributed by atoms with Gasteiger partial charge < -0.3 is 20.1 Å². The van der Waals surface area contributed by atoms with Crippen LogP contribution in [0, 0.1) is 0 Å². The molecule has 0 amide bonds. The Bertz CT molecular complexity index is 433. The van der Waals surface area contributed by atoms with Gasteiger partial charge in [-0.05, 0) is 6.07 Å². The van der Waals surface area contributed by atoms with Crippen LogP contribution >= 0.6 is 23.2 Å². The van der Waals surface area contributed by atoms with Crippen LogP contribution in [-0.4, -0.2) is 44.5 Å². The standard InChI is InChI=1S/C11H15Cl2N3O2/c1-17-8-4-16(5-9(8)18-2)11-7(13)3-6(12)10(14)15-11/h3,8-9H,4-5H2,1-2H3,(H2,14,15). The Morgan fingerprint density at radius 2 is 1.78 bits per heavy atom. The fraction of sp³-hybridized carbons (Fsp3) is 0.545. The summed E-state index contributed by atoms with van der Waals surface area (Å²) >= 11 is 12.0. The molecule has 1 aromatic rings. The van der Waals surface area contributed by atoms with Crippen LogP contribution in [0.1, 0.15) is 0 Å². The maximum Gasteiger partial charge on any atom is 0.150 e. The minimum absolute atomic E-state index is 0.00947. The zero-order valence-corrected chi connectivity index (χ0v) is 11.7. The maximum absolute atomic E-state index is 6.14. The molecule has 0 aliphatic carbocycles. The lowest BCUT2D eigenvalue weighted by Gasteiger charge is -2.18. The van der Waals surface area contributed by atoms with Gasteiger partial charge in [0.25, 0.3) is 0 Å².